The Morgan fingerprint density at radius 3 is 2.54 bits per heavy atom. The van der Waals surface area contributed by atoms with Crippen LogP contribution in [0.5, 0.6) is 11.5 Å². The topological polar surface area (TPSA) is 78.5 Å². The first-order valence-corrected chi connectivity index (χ1v) is 11.6. The van der Waals surface area contributed by atoms with Crippen LogP contribution in [0.3, 0.4) is 0 Å². The number of aromatic amines is 1. The summed E-state index contributed by atoms with van der Waals surface area (Å²) in [5, 5.41) is 18.5. The largest absolute Gasteiger partial charge is 0.507 e. The van der Waals surface area contributed by atoms with Gasteiger partial charge in [-0.25, -0.2) is 4.39 Å². The number of aryl methyl sites for hydroxylation is 1. The molecule has 4 aromatic rings. The number of aromatic nitrogens is 2. The number of nitrogens with zero attached hydrogens (tertiary/aromatic N) is 2. The maximum atomic E-state index is 13.5. The lowest BCUT2D eigenvalue weighted by Gasteiger charge is -2.27. The molecule has 35 heavy (non-hydrogen) atoms. The lowest BCUT2D eigenvalue weighted by atomic mass is 9.95. The van der Waals surface area contributed by atoms with Gasteiger partial charge >= 0.3 is 0 Å². The Kier molecular flexibility index (Phi) is 5.94. The average molecular weight is 492 g/mol. The van der Waals surface area contributed by atoms with Gasteiger partial charge in [-0.15, -0.1) is 0 Å². The van der Waals surface area contributed by atoms with Gasteiger partial charge < -0.3 is 14.7 Å². The molecule has 0 bridgehead atoms. The summed E-state index contributed by atoms with van der Waals surface area (Å²) in [5.74, 6) is 0.171. The molecule has 0 spiro atoms. The zero-order chi connectivity index (χ0) is 24.7. The van der Waals surface area contributed by atoms with E-state index >= 15 is 0 Å². The van der Waals surface area contributed by atoms with Crippen molar-refractivity contribution in [1.82, 2.24) is 15.1 Å². The number of ether oxygens (including phenoxy) is 1. The van der Waals surface area contributed by atoms with Crippen molar-refractivity contribution in [2.24, 2.45) is 0 Å². The van der Waals surface area contributed by atoms with Crippen LogP contribution in [0.4, 0.5) is 4.39 Å². The maximum absolute atomic E-state index is 13.5. The summed E-state index contributed by atoms with van der Waals surface area (Å²) < 4.78 is 19.1. The lowest BCUT2D eigenvalue weighted by molar-refractivity contribution is 0.0730. The van der Waals surface area contributed by atoms with Crippen LogP contribution in [0.25, 0.3) is 11.3 Å². The van der Waals surface area contributed by atoms with Crippen LogP contribution in [0.1, 0.15) is 45.7 Å². The van der Waals surface area contributed by atoms with Crippen LogP contribution in [0.2, 0.25) is 5.02 Å². The minimum absolute atomic E-state index is 0.0241. The number of H-pyrrole nitrogens is 1. The van der Waals surface area contributed by atoms with Crippen LogP contribution >= 0.6 is 11.6 Å². The third-order valence-corrected chi connectivity index (χ3v) is 6.58. The first-order valence-electron chi connectivity index (χ1n) is 11.2. The Hall–Kier alpha value is -3.84. The molecule has 1 unspecified atom stereocenters. The van der Waals surface area contributed by atoms with Gasteiger partial charge in [-0.2, -0.15) is 5.10 Å². The van der Waals surface area contributed by atoms with Crippen LogP contribution < -0.4 is 4.74 Å². The summed E-state index contributed by atoms with van der Waals surface area (Å²) >= 11 is 6.36. The maximum Gasteiger partial charge on any atom is 0.273 e. The third kappa shape index (κ3) is 4.12. The molecule has 0 saturated carbocycles. The Balaban J connectivity index is 1.64. The molecule has 1 aliphatic rings. The van der Waals surface area contributed by atoms with Crippen LogP contribution in [0.15, 0.2) is 60.7 Å². The summed E-state index contributed by atoms with van der Waals surface area (Å²) in [6.45, 7) is 4.52. The number of nitrogens with one attached hydrogen (secondary N) is 1. The summed E-state index contributed by atoms with van der Waals surface area (Å²) in [4.78, 5) is 15.2. The molecular weight excluding hydrogens is 469 g/mol. The number of hydrogen-bond acceptors (Lipinski definition) is 4. The van der Waals surface area contributed by atoms with Gasteiger partial charge in [-0.1, -0.05) is 35.9 Å². The van der Waals surface area contributed by atoms with E-state index in [0.717, 1.165) is 22.4 Å². The number of phenols is 1. The van der Waals surface area contributed by atoms with Crippen molar-refractivity contribution in [3.63, 3.8) is 0 Å². The monoisotopic (exact) mass is 491 g/mol. The summed E-state index contributed by atoms with van der Waals surface area (Å²) in [6, 6.07) is 16.4. The fraction of sp³-hybridized carbons (Fsp3) is 0.185. The van der Waals surface area contributed by atoms with Crippen molar-refractivity contribution in [2.45, 2.75) is 26.4 Å². The van der Waals surface area contributed by atoms with E-state index < -0.39 is 6.04 Å². The number of halogens is 2. The SMILES string of the molecule is CCOc1ccc(C2c3c(-c4cc(Cl)c(C)cc4O)n[nH]c3C(=O)N2Cc2ccc(F)cc2)cc1. The number of aromatic hydroxyl groups is 1. The second kappa shape index (κ2) is 9.07. The van der Waals surface area contributed by atoms with Crippen molar-refractivity contribution in [1.29, 1.82) is 0 Å². The van der Waals surface area contributed by atoms with Crippen molar-refractivity contribution >= 4 is 17.5 Å². The Morgan fingerprint density at radius 2 is 1.86 bits per heavy atom. The van der Waals surface area contributed by atoms with Gasteiger partial charge in [-0.05, 0) is 66.9 Å². The Morgan fingerprint density at radius 1 is 1.14 bits per heavy atom. The van der Waals surface area contributed by atoms with Crippen molar-refractivity contribution in [3.05, 3.63) is 99.5 Å². The zero-order valence-corrected chi connectivity index (χ0v) is 19.9. The summed E-state index contributed by atoms with van der Waals surface area (Å²) in [5.41, 5.74) is 4.25. The molecule has 1 aromatic heterocycles. The van der Waals surface area contributed by atoms with Crippen LogP contribution in [-0.2, 0) is 6.54 Å². The van der Waals surface area contributed by atoms with Gasteiger partial charge in [0.25, 0.3) is 5.91 Å². The first-order chi connectivity index (χ1) is 16.9. The first kappa shape index (κ1) is 22.9. The number of hydrogen-bond donors (Lipinski definition) is 2. The highest BCUT2D eigenvalue weighted by Crippen LogP contribution is 2.46. The van der Waals surface area contributed by atoms with Gasteiger partial charge in [0.1, 0.15) is 28.7 Å². The molecule has 1 atom stereocenters. The predicted molar refractivity (Wildman–Crippen MR) is 131 cm³/mol. The van der Waals surface area contributed by atoms with E-state index in [1.165, 1.54) is 12.1 Å². The highest BCUT2D eigenvalue weighted by molar-refractivity contribution is 6.31. The Labute approximate surface area is 206 Å². The van der Waals surface area contributed by atoms with Crippen molar-refractivity contribution in [3.8, 4) is 22.8 Å². The summed E-state index contributed by atoms with van der Waals surface area (Å²) in [6.07, 6.45) is 0. The highest BCUT2D eigenvalue weighted by Gasteiger charge is 2.42. The van der Waals surface area contributed by atoms with Crippen molar-refractivity contribution < 1.29 is 19.0 Å². The van der Waals surface area contributed by atoms with Crippen LogP contribution in [0, 0.1) is 12.7 Å². The molecule has 1 amide bonds. The van der Waals surface area contributed by atoms with Gasteiger partial charge in [0.15, 0.2) is 0 Å². The summed E-state index contributed by atoms with van der Waals surface area (Å²) in [7, 11) is 0. The molecular formula is C27H23ClFN3O3. The van der Waals surface area contributed by atoms with Gasteiger partial charge in [0, 0.05) is 22.7 Å². The molecule has 1 aliphatic heterocycles. The van der Waals surface area contributed by atoms with E-state index in [2.05, 4.69) is 10.2 Å². The molecule has 8 heteroatoms. The van der Waals surface area contributed by atoms with Gasteiger partial charge in [0.2, 0.25) is 0 Å². The zero-order valence-electron chi connectivity index (χ0n) is 19.2. The van der Waals surface area contributed by atoms with Crippen molar-refractivity contribution in [2.75, 3.05) is 6.61 Å². The third-order valence-electron chi connectivity index (χ3n) is 6.17. The molecule has 2 heterocycles. The molecule has 6 nitrogen and oxygen atoms in total. The second-order valence-electron chi connectivity index (χ2n) is 8.44. The number of fused-ring (bicyclic) bond motifs is 1. The van der Waals surface area contributed by atoms with Crippen LogP contribution in [-0.4, -0.2) is 32.7 Å². The normalized spacial score (nSPS) is 14.9. The quantitative estimate of drug-likeness (QED) is 0.345. The molecule has 2 N–H and O–H groups in total. The fourth-order valence-corrected chi connectivity index (χ4v) is 4.63. The standard InChI is InChI=1S/C27H23ClFN3O3/c1-3-35-19-10-6-17(7-11-19)26-23-24(20-13-21(28)15(2)12-22(20)33)30-31-25(23)27(34)32(26)14-16-4-8-18(29)9-5-16/h4-13,26,33H,3,14H2,1-2H3,(H,30,31). The van der Waals surface area contributed by atoms with E-state index in [0.29, 0.717) is 34.1 Å². The van der Waals surface area contributed by atoms with Gasteiger partial charge in [-0.3, -0.25) is 9.89 Å². The molecule has 3 aromatic carbocycles. The van der Waals surface area contributed by atoms with E-state index in [4.69, 9.17) is 16.3 Å². The number of carbonyl (C=O) groups is 1. The molecule has 0 aliphatic carbocycles. The lowest BCUT2D eigenvalue weighted by Crippen LogP contribution is -2.29. The average Bonchev–Trinajstić information content (AvgIpc) is 3.38. The van der Waals surface area contributed by atoms with E-state index in [1.54, 1.807) is 36.1 Å². The smallest absolute Gasteiger partial charge is 0.273 e. The predicted octanol–water partition coefficient (Wildman–Crippen LogP) is 6.03. The number of benzene rings is 3. The van der Waals surface area contributed by atoms with E-state index in [-0.39, 0.29) is 24.0 Å². The molecule has 0 fully saturated rings. The Bertz CT molecular complexity index is 1400. The highest BCUT2D eigenvalue weighted by atomic mass is 35.5. The molecule has 178 valence electrons. The number of amides is 1. The van der Waals surface area contributed by atoms with E-state index in [9.17, 15) is 14.3 Å². The fourth-order valence-electron chi connectivity index (χ4n) is 4.47. The van der Waals surface area contributed by atoms with E-state index in [1.807, 2.05) is 31.2 Å². The molecule has 0 saturated heterocycles. The minimum atomic E-state index is -0.494. The number of carbonyl (C=O) groups excluding carboxylic acids is 1. The molecule has 5 rings (SSSR count). The second-order valence-corrected chi connectivity index (χ2v) is 8.85. The number of rotatable bonds is 6. The number of phenolic OH excluding ortho intramolecular Hbond substituents is 1. The minimum Gasteiger partial charge on any atom is -0.507 e. The molecule has 0 radical (unpaired) electrons. The van der Waals surface area contributed by atoms with Gasteiger partial charge in [0.05, 0.1) is 12.6 Å².